The first-order valence-electron chi connectivity index (χ1n) is 6.58. The van der Waals surface area contributed by atoms with Crippen molar-refractivity contribution in [3.05, 3.63) is 12.3 Å². The monoisotopic (exact) mass is 347 g/mol. The molecule has 1 saturated heterocycles. The normalized spacial score (nSPS) is 24.5. The highest BCUT2D eigenvalue weighted by Crippen LogP contribution is 2.37. The van der Waals surface area contributed by atoms with E-state index in [9.17, 15) is 14.5 Å². The highest BCUT2D eigenvalue weighted by molar-refractivity contribution is 7.40. The summed E-state index contributed by atoms with van der Waals surface area (Å²) in [5, 5.41) is 13.0. The Hall–Kier alpha value is -1.60. The molecule has 11 heteroatoms. The van der Waals surface area contributed by atoms with Crippen LogP contribution in [0.2, 0.25) is 0 Å². The van der Waals surface area contributed by atoms with Crippen LogP contribution in [0.4, 0.5) is 0 Å². The second kappa shape index (κ2) is 10.2. The quantitative estimate of drug-likeness (QED) is 0.151. The molecule has 3 N–H and O–H groups in total. The fraction of sp³-hybridized carbons (Fsp3) is 0.583. The number of ether oxygens (including phenoxy) is 2. The van der Waals surface area contributed by atoms with Crippen LogP contribution in [0.3, 0.4) is 0 Å². The fourth-order valence-electron chi connectivity index (χ4n) is 1.66. The van der Waals surface area contributed by atoms with E-state index >= 15 is 0 Å². The van der Waals surface area contributed by atoms with Gasteiger partial charge in [0.15, 0.2) is 0 Å². The summed E-state index contributed by atoms with van der Waals surface area (Å²) in [4.78, 5) is 31.0. The lowest BCUT2D eigenvalue weighted by atomic mass is 10.1. The van der Waals surface area contributed by atoms with Crippen LogP contribution in [0.1, 0.15) is 12.8 Å². The number of carbonyl (C=O) groups excluding carboxylic acids is 2. The van der Waals surface area contributed by atoms with E-state index in [0.717, 1.165) is 6.08 Å². The van der Waals surface area contributed by atoms with Gasteiger partial charge in [-0.05, 0) is 0 Å². The number of nitrogens with one attached hydrogen (secondary N) is 2. The van der Waals surface area contributed by atoms with Gasteiger partial charge in [0.2, 0.25) is 12.3 Å². The molecule has 3 unspecified atom stereocenters. The summed E-state index contributed by atoms with van der Waals surface area (Å²) in [6, 6.07) is 1.87. The minimum atomic E-state index is -2.07. The lowest BCUT2D eigenvalue weighted by molar-refractivity contribution is -0.347. The highest BCUT2D eigenvalue weighted by atomic mass is 31.2. The minimum absolute atomic E-state index is 0.0538. The molecule has 0 saturated carbocycles. The summed E-state index contributed by atoms with van der Waals surface area (Å²) in [7, 11) is -0.700. The van der Waals surface area contributed by atoms with Gasteiger partial charge in [0.05, 0.1) is 38.2 Å². The summed E-state index contributed by atoms with van der Waals surface area (Å²) in [6.45, 7) is 0.141. The lowest BCUT2D eigenvalue weighted by Gasteiger charge is -2.45. The van der Waals surface area contributed by atoms with Gasteiger partial charge in [-0.15, -0.1) is 0 Å². The molecular weight excluding hydrogens is 329 g/mol. The van der Waals surface area contributed by atoms with Crippen molar-refractivity contribution in [2.24, 2.45) is 0 Å². The van der Waals surface area contributed by atoms with Crippen LogP contribution in [0.25, 0.3) is 0 Å². The molecule has 1 aliphatic heterocycles. The van der Waals surface area contributed by atoms with E-state index < -0.39 is 20.4 Å². The van der Waals surface area contributed by atoms with Crippen molar-refractivity contribution in [2.45, 2.75) is 24.9 Å². The van der Waals surface area contributed by atoms with E-state index in [2.05, 4.69) is 10.6 Å². The third kappa shape index (κ3) is 7.00. The topological polar surface area (TPSA) is 139 Å². The predicted octanol–water partition coefficient (Wildman–Crippen LogP) is -0.383. The van der Waals surface area contributed by atoms with Gasteiger partial charge >= 0.3 is 8.60 Å². The molecule has 0 aromatic heterocycles. The average Bonchev–Trinajstić information content (AvgIpc) is 2.50. The van der Waals surface area contributed by atoms with Crippen LogP contribution in [0.15, 0.2) is 12.3 Å². The Morgan fingerprint density at radius 1 is 1.61 bits per heavy atom. The molecule has 0 aliphatic carbocycles. The van der Waals surface area contributed by atoms with Gasteiger partial charge < -0.3 is 34.0 Å². The number of carbonyl (C=O) groups is 2. The summed E-state index contributed by atoms with van der Waals surface area (Å²) in [5.74, 6) is -1.78. The molecule has 0 radical (unpaired) electrons. The first-order valence-corrected chi connectivity index (χ1v) is 7.71. The van der Waals surface area contributed by atoms with E-state index in [-0.39, 0.29) is 25.7 Å². The van der Waals surface area contributed by atoms with Crippen LogP contribution in [-0.2, 0) is 28.1 Å². The van der Waals surface area contributed by atoms with E-state index in [4.69, 9.17) is 23.8 Å². The smallest absolute Gasteiger partial charge is 0.329 e. The molecule has 0 spiro atoms. The number of rotatable bonds is 11. The van der Waals surface area contributed by atoms with E-state index in [1.165, 1.54) is 13.3 Å². The van der Waals surface area contributed by atoms with Crippen LogP contribution < -0.4 is 10.6 Å². The first-order chi connectivity index (χ1) is 11.0. The number of methoxy groups -OCH3 is 1. The molecule has 10 nitrogen and oxygen atoms in total. The predicted molar refractivity (Wildman–Crippen MR) is 77.0 cm³/mol. The molecule has 3 atom stereocenters. The summed E-state index contributed by atoms with van der Waals surface area (Å²) >= 11 is 0. The number of nitrogens with zero attached hydrogens (tertiary/aromatic N) is 1. The number of amides is 2. The maximum atomic E-state index is 11.6. The molecule has 2 amide bonds. The lowest BCUT2D eigenvalue weighted by Crippen LogP contribution is -2.63. The van der Waals surface area contributed by atoms with Crippen molar-refractivity contribution in [3.63, 3.8) is 0 Å². The molecule has 1 rings (SSSR count). The summed E-state index contributed by atoms with van der Waals surface area (Å²) < 4.78 is 20.4. The van der Waals surface area contributed by atoms with Crippen LogP contribution in [0, 0.1) is 11.3 Å². The molecule has 0 aromatic carbocycles. The number of hydrogen-bond acceptors (Lipinski definition) is 8. The van der Waals surface area contributed by atoms with Gasteiger partial charge in [0, 0.05) is 19.4 Å². The second-order valence-electron chi connectivity index (χ2n) is 4.28. The zero-order chi connectivity index (χ0) is 17.1. The molecule has 0 bridgehead atoms. The van der Waals surface area contributed by atoms with Crippen molar-refractivity contribution in [1.29, 1.82) is 5.26 Å². The minimum Gasteiger partial charge on any atom is -0.336 e. The van der Waals surface area contributed by atoms with Crippen LogP contribution in [0.5, 0.6) is 0 Å². The molecule has 1 fully saturated rings. The van der Waals surface area contributed by atoms with E-state index in [0.29, 0.717) is 12.8 Å². The number of hydrogen-bond donors (Lipinski definition) is 3. The Morgan fingerprint density at radius 2 is 2.35 bits per heavy atom. The van der Waals surface area contributed by atoms with Crippen molar-refractivity contribution in [1.82, 2.24) is 10.6 Å². The van der Waals surface area contributed by atoms with E-state index in [1.807, 2.05) is 6.07 Å². The van der Waals surface area contributed by atoms with Gasteiger partial charge in [0.25, 0.3) is 5.91 Å². The molecule has 1 aliphatic rings. The Morgan fingerprint density at radius 3 is 2.96 bits per heavy atom. The molecule has 1 heterocycles. The zero-order valence-electron chi connectivity index (χ0n) is 12.4. The van der Waals surface area contributed by atoms with Gasteiger partial charge in [-0.2, -0.15) is 5.26 Å². The first kappa shape index (κ1) is 19.4. The Labute approximate surface area is 134 Å². The molecular formula is C12H18N3O7P. The van der Waals surface area contributed by atoms with Gasteiger partial charge in [0.1, 0.15) is 0 Å². The van der Waals surface area contributed by atoms with Crippen molar-refractivity contribution >= 4 is 20.9 Å². The van der Waals surface area contributed by atoms with Gasteiger partial charge in [-0.25, -0.2) is 0 Å². The molecule has 23 heavy (non-hydrogen) atoms. The van der Waals surface area contributed by atoms with Gasteiger partial charge in [-0.3, -0.25) is 9.59 Å². The van der Waals surface area contributed by atoms with Crippen molar-refractivity contribution < 1.29 is 33.0 Å². The third-order valence-electron chi connectivity index (χ3n) is 2.68. The van der Waals surface area contributed by atoms with Crippen molar-refractivity contribution in [2.75, 3.05) is 20.3 Å². The maximum absolute atomic E-state index is 11.6. The standard InChI is InChI=1S/C12H18N3O7P/c1-19-12(15-11(17)3-5-14-9-16)7-10(22-12)8-21-23(18)20-6-2-4-13/h3,5,9-10,18H,2,6-8H2,1H3,(H,14,16)(H,15,17)/b5-3-. The van der Waals surface area contributed by atoms with Crippen LogP contribution in [-0.4, -0.2) is 49.5 Å². The Balaban J connectivity index is 2.26. The van der Waals surface area contributed by atoms with Gasteiger partial charge in [-0.1, -0.05) is 0 Å². The summed E-state index contributed by atoms with van der Waals surface area (Å²) in [5.41, 5.74) is 0. The van der Waals surface area contributed by atoms with Crippen LogP contribution >= 0.6 is 8.60 Å². The highest BCUT2D eigenvalue weighted by Gasteiger charge is 2.47. The zero-order valence-corrected chi connectivity index (χ0v) is 13.3. The number of nitriles is 1. The second-order valence-corrected chi connectivity index (χ2v) is 5.28. The molecule has 128 valence electrons. The Bertz CT molecular complexity index is 462. The SMILES string of the molecule is COC1(NC(=O)/C=C\NC=O)CC(COP(O)OCCC#N)O1. The maximum Gasteiger partial charge on any atom is 0.329 e. The third-order valence-corrected chi connectivity index (χ3v) is 3.46. The Kier molecular flexibility index (Phi) is 8.65. The summed E-state index contributed by atoms with van der Waals surface area (Å²) in [6.07, 6.45) is 2.79. The van der Waals surface area contributed by atoms with Crippen molar-refractivity contribution in [3.8, 4) is 6.07 Å². The molecule has 0 aromatic rings. The fourth-order valence-corrected chi connectivity index (χ4v) is 2.28. The van der Waals surface area contributed by atoms with E-state index in [1.54, 1.807) is 0 Å². The average molecular weight is 347 g/mol. The largest absolute Gasteiger partial charge is 0.336 e.